The van der Waals surface area contributed by atoms with Crippen LogP contribution in [0.15, 0.2) is 41.2 Å². The lowest BCUT2D eigenvalue weighted by Crippen LogP contribution is -2.33. The first kappa shape index (κ1) is 13.9. The summed E-state index contributed by atoms with van der Waals surface area (Å²) in [5, 5.41) is 6.71. The molecule has 0 spiro atoms. The largest absolute Gasteiger partial charge is 0.355 e. The summed E-state index contributed by atoms with van der Waals surface area (Å²) in [4.78, 5) is 23.2. The molecule has 20 heavy (non-hydrogen) atoms. The van der Waals surface area contributed by atoms with Gasteiger partial charge in [-0.15, -0.1) is 0 Å². The first-order valence-corrected chi connectivity index (χ1v) is 6.21. The minimum Gasteiger partial charge on any atom is -0.355 e. The summed E-state index contributed by atoms with van der Waals surface area (Å²) >= 11 is 0. The summed E-state index contributed by atoms with van der Waals surface area (Å²) in [5.41, 5.74) is 0.826. The number of rotatable bonds is 4. The van der Waals surface area contributed by atoms with Crippen molar-refractivity contribution in [1.29, 1.82) is 0 Å². The fraction of sp³-hybridized carbons (Fsp3) is 0.214. The Bertz CT molecular complexity index is 665. The van der Waals surface area contributed by atoms with Gasteiger partial charge in [0.25, 0.3) is 5.56 Å². The molecular weight excluding hydrogens is 261 g/mol. The van der Waals surface area contributed by atoms with Gasteiger partial charge in [0.1, 0.15) is 12.4 Å². The molecule has 1 heterocycles. The van der Waals surface area contributed by atoms with Crippen molar-refractivity contribution in [1.82, 2.24) is 15.1 Å². The van der Waals surface area contributed by atoms with E-state index in [1.54, 1.807) is 25.1 Å². The zero-order valence-electron chi connectivity index (χ0n) is 11.0. The summed E-state index contributed by atoms with van der Waals surface area (Å²) in [6.07, 6.45) is 0. The Hall–Kier alpha value is -2.50. The Morgan fingerprint density at radius 1 is 1.25 bits per heavy atom. The van der Waals surface area contributed by atoms with Gasteiger partial charge in [0.2, 0.25) is 5.91 Å². The highest BCUT2D eigenvalue weighted by molar-refractivity contribution is 5.75. The molecule has 0 fully saturated rings. The van der Waals surface area contributed by atoms with Gasteiger partial charge >= 0.3 is 0 Å². The lowest BCUT2D eigenvalue weighted by molar-refractivity contribution is -0.121. The number of likely N-dealkylation sites (N-methyl/N-ethyl adjacent to an activating group) is 1. The molecule has 1 amide bonds. The van der Waals surface area contributed by atoms with E-state index in [1.807, 2.05) is 0 Å². The van der Waals surface area contributed by atoms with E-state index in [9.17, 15) is 14.0 Å². The molecule has 0 aliphatic heterocycles. The van der Waals surface area contributed by atoms with Crippen LogP contribution in [-0.2, 0) is 11.3 Å². The highest BCUT2D eigenvalue weighted by atomic mass is 19.1. The highest BCUT2D eigenvalue weighted by Gasteiger charge is 2.07. The van der Waals surface area contributed by atoms with Gasteiger partial charge in [0.05, 0.1) is 5.69 Å². The van der Waals surface area contributed by atoms with Gasteiger partial charge in [-0.3, -0.25) is 9.59 Å². The van der Waals surface area contributed by atoms with E-state index in [4.69, 9.17) is 0 Å². The van der Waals surface area contributed by atoms with Gasteiger partial charge in [0, 0.05) is 18.2 Å². The molecular formula is C14H14FN3O2. The van der Waals surface area contributed by atoms with E-state index in [1.165, 1.54) is 18.2 Å². The molecule has 0 aliphatic carbocycles. The van der Waals surface area contributed by atoms with E-state index in [-0.39, 0.29) is 23.8 Å². The molecule has 0 aliphatic rings. The molecule has 2 rings (SSSR count). The van der Waals surface area contributed by atoms with Crippen LogP contribution in [0, 0.1) is 5.82 Å². The molecule has 1 aromatic heterocycles. The second-order valence-corrected chi connectivity index (χ2v) is 4.17. The maximum absolute atomic E-state index is 12.9. The van der Waals surface area contributed by atoms with Crippen LogP contribution in [0.1, 0.15) is 6.92 Å². The number of amides is 1. The Kier molecular flexibility index (Phi) is 4.24. The first-order chi connectivity index (χ1) is 9.60. The Morgan fingerprint density at radius 3 is 2.60 bits per heavy atom. The molecule has 2 aromatic rings. The summed E-state index contributed by atoms with van der Waals surface area (Å²) in [5.74, 6) is -0.622. The van der Waals surface area contributed by atoms with Crippen LogP contribution in [0.3, 0.4) is 0 Å². The van der Waals surface area contributed by atoms with E-state index in [2.05, 4.69) is 10.4 Å². The lowest BCUT2D eigenvalue weighted by atomic mass is 10.1. The molecule has 104 valence electrons. The molecule has 5 nitrogen and oxygen atoms in total. The van der Waals surface area contributed by atoms with Crippen molar-refractivity contribution in [3.05, 3.63) is 52.6 Å². The van der Waals surface area contributed by atoms with Crippen LogP contribution in [0.4, 0.5) is 4.39 Å². The number of hydrogen-bond acceptors (Lipinski definition) is 3. The molecule has 0 bridgehead atoms. The molecule has 0 saturated carbocycles. The average Bonchev–Trinajstić information content (AvgIpc) is 2.42. The third-order valence-corrected chi connectivity index (χ3v) is 2.67. The van der Waals surface area contributed by atoms with Crippen molar-refractivity contribution in [2.45, 2.75) is 13.5 Å². The number of carbonyl (C=O) groups is 1. The van der Waals surface area contributed by atoms with Gasteiger partial charge < -0.3 is 5.32 Å². The maximum atomic E-state index is 12.9. The van der Waals surface area contributed by atoms with Crippen LogP contribution >= 0.6 is 0 Å². The molecule has 6 heteroatoms. The molecule has 0 saturated heterocycles. The smallest absolute Gasteiger partial charge is 0.267 e. The van der Waals surface area contributed by atoms with Crippen molar-refractivity contribution in [3.8, 4) is 11.3 Å². The quantitative estimate of drug-likeness (QED) is 0.911. The van der Waals surface area contributed by atoms with Crippen molar-refractivity contribution in [2.24, 2.45) is 0 Å². The van der Waals surface area contributed by atoms with Crippen molar-refractivity contribution in [3.63, 3.8) is 0 Å². The zero-order valence-corrected chi connectivity index (χ0v) is 11.0. The van der Waals surface area contributed by atoms with E-state index >= 15 is 0 Å². The van der Waals surface area contributed by atoms with E-state index in [0.29, 0.717) is 17.8 Å². The van der Waals surface area contributed by atoms with E-state index < -0.39 is 0 Å². The summed E-state index contributed by atoms with van der Waals surface area (Å²) in [7, 11) is 0. The normalized spacial score (nSPS) is 10.3. The fourth-order valence-electron chi connectivity index (χ4n) is 1.73. The van der Waals surface area contributed by atoms with Gasteiger partial charge in [-0.1, -0.05) is 0 Å². The van der Waals surface area contributed by atoms with Crippen molar-refractivity contribution < 1.29 is 9.18 Å². The highest BCUT2D eigenvalue weighted by Crippen LogP contribution is 2.15. The summed E-state index contributed by atoms with van der Waals surface area (Å²) in [6, 6.07) is 8.65. The monoisotopic (exact) mass is 275 g/mol. The van der Waals surface area contributed by atoms with Crippen LogP contribution in [0.5, 0.6) is 0 Å². The molecule has 0 atom stereocenters. The van der Waals surface area contributed by atoms with Gasteiger partial charge in [-0.25, -0.2) is 9.07 Å². The van der Waals surface area contributed by atoms with Crippen molar-refractivity contribution in [2.75, 3.05) is 6.54 Å². The predicted molar refractivity (Wildman–Crippen MR) is 72.6 cm³/mol. The molecule has 0 radical (unpaired) electrons. The van der Waals surface area contributed by atoms with Crippen LogP contribution in [-0.4, -0.2) is 22.2 Å². The average molecular weight is 275 g/mol. The zero-order chi connectivity index (χ0) is 14.5. The number of benzene rings is 1. The minimum absolute atomic E-state index is 0.137. The van der Waals surface area contributed by atoms with Gasteiger partial charge in [-0.05, 0) is 37.3 Å². The summed E-state index contributed by atoms with van der Waals surface area (Å²) < 4.78 is 14.0. The van der Waals surface area contributed by atoms with Gasteiger partial charge in [-0.2, -0.15) is 5.10 Å². The number of nitrogens with zero attached hydrogens (tertiary/aromatic N) is 2. The second kappa shape index (κ2) is 6.10. The Balaban J connectivity index is 2.31. The standard InChI is InChI=1S/C14H14FN3O2/c1-2-16-13(19)9-18-14(20)8-7-12(17-18)10-3-5-11(15)6-4-10/h3-8H,2,9H2,1H3,(H,16,19). The first-order valence-electron chi connectivity index (χ1n) is 6.21. The number of aromatic nitrogens is 2. The number of hydrogen-bond donors (Lipinski definition) is 1. The second-order valence-electron chi connectivity index (χ2n) is 4.17. The van der Waals surface area contributed by atoms with Crippen LogP contribution < -0.4 is 10.9 Å². The predicted octanol–water partition coefficient (Wildman–Crippen LogP) is 1.19. The SMILES string of the molecule is CCNC(=O)Cn1nc(-c2ccc(F)cc2)ccc1=O. The maximum Gasteiger partial charge on any atom is 0.267 e. The number of carbonyl (C=O) groups excluding carboxylic acids is 1. The number of halogens is 1. The molecule has 0 unspecified atom stereocenters. The van der Waals surface area contributed by atoms with Crippen molar-refractivity contribution >= 4 is 5.91 Å². The Labute approximate surface area is 115 Å². The third-order valence-electron chi connectivity index (χ3n) is 2.67. The summed E-state index contributed by atoms with van der Waals surface area (Å²) in [6.45, 7) is 2.15. The minimum atomic E-state index is -0.359. The van der Waals surface area contributed by atoms with Crippen LogP contribution in [0.2, 0.25) is 0 Å². The van der Waals surface area contributed by atoms with Gasteiger partial charge in [0.15, 0.2) is 0 Å². The molecule has 1 aromatic carbocycles. The number of nitrogens with one attached hydrogen (secondary N) is 1. The lowest BCUT2D eigenvalue weighted by Gasteiger charge is -2.07. The fourth-order valence-corrected chi connectivity index (χ4v) is 1.73. The Morgan fingerprint density at radius 2 is 1.95 bits per heavy atom. The topological polar surface area (TPSA) is 64.0 Å². The van der Waals surface area contributed by atoms with E-state index in [0.717, 1.165) is 4.68 Å². The van der Waals surface area contributed by atoms with Crippen LogP contribution in [0.25, 0.3) is 11.3 Å². The molecule has 1 N–H and O–H groups in total. The third kappa shape index (κ3) is 3.28.